The predicted octanol–water partition coefficient (Wildman–Crippen LogP) is 2.58. The zero-order valence-electron chi connectivity index (χ0n) is 15.0. The molecule has 6 nitrogen and oxygen atoms in total. The van der Waals surface area contributed by atoms with E-state index < -0.39 is 0 Å². The zero-order chi connectivity index (χ0) is 18.0. The number of aliphatic hydroxyl groups excluding tert-OH is 1. The van der Waals surface area contributed by atoms with E-state index in [1.54, 1.807) is 12.1 Å². The molecule has 0 spiro atoms. The van der Waals surface area contributed by atoms with Gasteiger partial charge in [0.2, 0.25) is 0 Å². The van der Waals surface area contributed by atoms with Crippen molar-refractivity contribution in [1.29, 1.82) is 0 Å². The lowest BCUT2D eigenvalue weighted by atomic mass is 9.89. The number of aromatic nitrogens is 2. The van der Waals surface area contributed by atoms with Gasteiger partial charge in [-0.25, -0.2) is 4.79 Å². The Labute approximate surface area is 147 Å². The van der Waals surface area contributed by atoms with Crippen LogP contribution in [0.4, 0.5) is 0 Å². The van der Waals surface area contributed by atoms with Crippen LogP contribution in [-0.2, 0) is 0 Å². The Kier molecular flexibility index (Phi) is 4.99. The molecule has 0 radical (unpaired) electrons. The summed E-state index contributed by atoms with van der Waals surface area (Å²) in [6.45, 7) is 4.60. The molecule has 0 bridgehead atoms. The predicted molar refractivity (Wildman–Crippen MR) is 97.9 cm³/mol. The Morgan fingerprint density at radius 3 is 2.76 bits per heavy atom. The molecule has 0 unspecified atom stereocenters. The van der Waals surface area contributed by atoms with E-state index in [0.717, 1.165) is 31.2 Å². The molecule has 1 aliphatic carbocycles. The molecule has 1 aliphatic rings. The minimum Gasteiger partial charge on any atom is -0.396 e. The maximum absolute atomic E-state index is 12.4. The van der Waals surface area contributed by atoms with E-state index in [2.05, 4.69) is 10.3 Å². The number of hydrogen-bond donors (Lipinski definition) is 3. The molecule has 1 aromatic carbocycles. The number of nitrogens with one attached hydrogen (secondary N) is 2. The first-order valence-electron chi connectivity index (χ1n) is 9.05. The van der Waals surface area contributed by atoms with Crippen LogP contribution in [0.5, 0.6) is 0 Å². The fraction of sp³-hybridized carbons (Fsp3) is 0.579. The number of aromatic amines is 1. The average Bonchev–Trinajstić information content (AvgIpc) is 3.18. The molecule has 136 valence electrons. The Morgan fingerprint density at radius 2 is 2.08 bits per heavy atom. The lowest BCUT2D eigenvalue weighted by Crippen LogP contribution is -2.34. The van der Waals surface area contributed by atoms with Crippen LogP contribution in [-0.4, -0.2) is 33.7 Å². The summed E-state index contributed by atoms with van der Waals surface area (Å²) in [5.41, 5.74) is 1.86. The molecule has 1 aromatic heterocycles. The highest BCUT2D eigenvalue weighted by Gasteiger charge is 2.22. The quantitative estimate of drug-likeness (QED) is 0.752. The number of fused-ring (bicyclic) bond motifs is 1. The number of benzene rings is 1. The Bertz CT molecular complexity index is 813. The molecule has 0 atom stereocenters. The van der Waals surface area contributed by atoms with Crippen molar-refractivity contribution in [1.82, 2.24) is 14.9 Å². The number of imidazole rings is 1. The first-order valence-corrected chi connectivity index (χ1v) is 9.05. The molecule has 6 heteroatoms. The number of H-pyrrole nitrogens is 1. The summed E-state index contributed by atoms with van der Waals surface area (Å²) in [5.74, 6) is -0.164. The number of hydrogen-bond acceptors (Lipinski definition) is 3. The maximum atomic E-state index is 12.4. The highest BCUT2D eigenvalue weighted by Crippen LogP contribution is 2.30. The van der Waals surface area contributed by atoms with Gasteiger partial charge in [-0.3, -0.25) is 9.36 Å². The molecule has 1 fully saturated rings. The SMILES string of the molecule is CC(C)(CCO)CNC(=O)c1ccc2c(c1)[nH]c(=O)n2C1CCCC1. The van der Waals surface area contributed by atoms with Crippen molar-refractivity contribution in [2.75, 3.05) is 13.2 Å². The van der Waals surface area contributed by atoms with E-state index in [4.69, 9.17) is 5.11 Å². The third-order valence-electron chi connectivity index (χ3n) is 5.18. The van der Waals surface area contributed by atoms with Gasteiger partial charge in [0, 0.05) is 24.8 Å². The van der Waals surface area contributed by atoms with Crippen molar-refractivity contribution in [2.24, 2.45) is 5.41 Å². The fourth-order valence-corrected chi connectivity index (χ4v) is 3.61. The van der Waals surface area contributed by atoms with Crippen molar-refractivity contribution in [3.8, 4) is 0 Å². The summed E-state index contributed by atoms with van der Waals surface area (Å²) in [6.07, 6.45) is 5.02. The molecule has 3 N–H and O–H groups in total. The van der Waals surface area contributed by atoms with Crippen molar-refractivity contribution >= 4 is 16.9 Å². The number of carbonyl (C=O) groups is 1. The summed E-state index contributed by atoms with van der Waals surface area (Å²) in [7, 11) is 0. The third kappa shape index (κ3) is 3.79. The van der Waals surface area contributed by atoms with Crippen molar-refractivity contribution in [3.63, 3.8) is 0 Å². The molecular weight excluding hydrogens is 318 g/mol. The van der Waals surface area contributed by atoms with Crippen LogP contribution in [0.2, 0.25) is 0 Å². The number of rotatable bonds is 6. The van der Waals surface area contributed by atoms with Crippen molar-refractivity contribution < 1.29 is 9.90 Å². The lowest BCUT2D eigenvalue weighted by molar-refractivity contribution is 0.0928. The monoisotopic (exact) mass is 345 g/mol. The summed E-state index contributed by atoms with van der Waals surface area (Å²) >= 11 is 0. The normalized spacial score (nSPS) is 15.8. The van der Waals surface area contributed by atoms with Crippen molar-refractivity contribution in [3.05, 3.63) is 34.2 Å². The highest BCUT2D eigenvalue weighted by molar-refractivity contribution is 5.97. The second-order valence-corrected chi connectivity index (χ2v) is 7.79. The van der Waals surface area contributed by atoms with Crippen LogP contribution in [0.3, 0.4) is 0 Å². The van der Waals surface area contributed by atoms with Gasteiger partial charge in [0.15, 0.2) is 0 Å². The lowest BCUT2D eigenvalue weighted by Gasteiger charge is -2.23. The fourth-order valence-electron chi connectivity index (χ4n) is 3.61. The van der Waals surface area contributed by atoms with E-state index in [9.17, 15) is 9.59 Å². The molecule has 1 saturated carbocycles. The summed E-state index contributed by atoms with van der Waals surface area (Å²) < 4.78 is 1.84. The average molecular weight is 345 g/mol. The van der Waals surface area contributed by atoms with Gasteiger partial charge in [-0.15, -0.1) is 0 Å². The van der Waals surface area contributed by atoms with Gasteiger partial charge in [0.05, 0.1) is 11.0 Å². The van der Waals surface area contributed by atoms with E-state index >= 15 is 0 Å². The molecule has 1 amide bonds. The van der Waals surface area contributed by atoms with Gasteiger partial charge in [-0.2, -0.15) is 0 Å². The molecule has 0 saturated heterocycles. The number of aliphatic hydroxyl groups is 1. The third-order valence-corrected chi connectivity index (χ3v) is 5.18. The first-order chi connectivity index (χ1) is 11.9. The first kappa shape index (κ1) is 17.7. The molecule has 1 heterocycles. The van der Waals surface area contributed by atoms with Gasteiger partial charge in [-0.05, 0) is 42.9 Å². The molecule has 3 rings (SSSR count). The molecule has 25 heavy (non-hydrogen) atoms. The standard InChI is InChI=1S/C19H27N3O3/c1-19(2,9-10-23)12-20-17(24)13-7-8-16-15(11-13)21-18(25)22(16)14-5-3-4-6-14/h7-8,11,14,23H,3-6,9-10,12H2,1-2H3,(H,20,24)(H,21,25). The highest BCUT2D eigenvalue weighted by atomic mass is 16.3. The van der Waals surface area contributed by atoms with E-state index in [0.29, 0.717) is 24.0 Å². The molecule has 0 aliphatic heterocycles. The van der Waals surface area contributed by atoms with E-state index in [-0.39, 0.29) is 29.7 Å². The van der Waals surface area contributed by atoms with Crippen LogP contribution in [0.1, 0.15) is 62.4 Å². The van der Waals surface area contributed by atoms with Crippen LogP contribution >= 0.6 is 0 Å². The molecular formula is C19H27N3O3. The van der Waals surface area contributed by atoms with Crippen LogP contribution in [0, 0.1) is 5.41 Å². The van der Waals surface area contributed by atoms with Gasteiger partial charge in [0.25, 0.3) is 5.91 Å². The molecule has 2 aromatic rings. The number of carbonyl (C=O) groups excluding carboxylic acids is 1. The van der Waals surface area contributed by atoms with Crippen LogP contribution in [0.15, 0.2) is 23.0 Å². The van der Waals surface area contributed by atoms with Gasteiger partial charge < -0.3 is 15.4 Å². The largest absolute Gasteiger partial charge is 0.396 e. The van der Waals surface area contributed by atoms with Crippen molar-refractivity contribution in [2.45, 2.75) is 52.0 Å². The smallest absolute Gasteiger partial charge is 0.326 e. The maximum Gasteiger partial charge on any atom is 0.326 e. The van der Waals surface area contributed by atoms with Gasteiger partial charge in [-0.1, -0.05) is 26.7 Å². The second kappa shape index (κ2) is 7.04. The second-order valence-electron chi connectivity index (χ2n) is 7.79. The van der Waals surface area contributed by atoms with Crippen LogP contribution in [0.25, 0.3) is 11.0 Å². The van der Waals surface area contributed by atoms with E-state index in [1.807, 2.05) is 24.5 Å². The summed E-state index contributed by atoms with van der Waals surface area (Å²) in [4.78, 5) is 27.6. The Hall–Kier alpha value is -2.08. The topological polar surface area (TPSA) is 87.1 Å². The minimum atomic E-state index is -0.164. The Morgan fingerprint density at radius 1 is 1.36 bits per heavy atom. The summed E-state index contributed by atoms with van der Waals surface area (Å²) in [6, 6.07) is 5.64. The summed E-state index contributed by atoms with van der Waals surface area (Å²) in [5, 5.41) is 12.0. The minimum absolute atomic E-state index is 0.0939. The zero-order valence-corrected chi connectivity index (χ0v) is 15.0. The van der Waals surface area contributed by atoms with E-state index in [1.165, 1.54) is 0 Å². The number of nitrogens with zero attached hydrogens (tertiary/aromatic N) is 1. The van der Waals surface area contributed by atoms with Crippen LogP contribution < -0.4 is 11.0 Å². The number of amides is 1. The van der Waals surface area contributed by atoms with Gasteiger partial charge >= 0.3 is 5.69 Å². The Balaban J connectivity index is 1.79. The van der Waals surface area contributed by atoms with Gasteiger partial charge in [0.1, 0.15) is 0 Å².